The van der Waals surface area contributed by atoms with Crippen LogP contribution in [0.5, 0.6) is 0 Å². The van der Waals surface area contributed by atoms with E-state index < -0.39 is 0 Å². The molecule has 1 heterocycles. The molecule has 4 aromatic rings. The van der Waals surface area contributed by atoms with E-state index in [1.54, 1.807) is 6.26 Å². The fourth-order valence-electron chi connectivity index (χ4n) is 3.66. The lowest BCUT2D eigenvalue weighted by molar-refractivity contribution is -0.120. The van der Waals surface area contributed by atoms with Crippen molar-refractivity contribution in [1.82, 2.24) is 5.32 Å². The Balaban J connectivity index is 1.41. The fraction of sp³-hybridized carbons (Fsp3) is 0.240. The lowest BCUT2D eigenvalue weighted by atomic mass is 10.0. The Morgan fingerprint density at radius 1 is 1.00 bits per heavy atom. The number of benzene rings is 3. The van der Waals surface area contributed by atoms with Gasteiger partial charge in [0.15, 0.2) is 0 Å². The van der Waals surface area contributed by atoms with E-state index in [4.69, 9.17) is 4.42 Å². The molecular formula is C25H25NO2. The maximum Gasteiger partial charge on any atom is 0.224 e. The van der Waals surface area contributed by atoms with Crippen molar-refractivity contribution >= 4 is 27.6 Å². The first-order valence-corrected chi connectivity index (χ1v) is 9.85. The summed E-state index contributed by atoms with van der Waals surface area (Å²) in [7, 11) is 0. The molecule has 0 aliphatic carbocycles. The Morgan fingerprint density at radius 3 is 2.57 bits per heavy atom. The van der Waals surface area contributed by atoms with E-state index in [0.29, 0.717) is 18.9 Å². The van der Waals surface area contributed by atoms with Crippen LogP contribution in [-0.2, 0) is 17.6 Å². The number of carbonyl (C=O) groups is 1. The molecule has 4 rings (SSSR count). The van der Waals surface area contributed by atoms with E-state index in [9.17, 15) is 4.79 Å². The maximum atomic E-state index is 12.5. The quantitative estimate of drug-likeness (QED) is 0.478. The number of rotatable bonds is 6. The molecular weight excluding hydrogens is 346 g/mol. The van der Waals surface area contributed by atoms with E-state index in [2.05, 4.69) is 61.6 Å². The van der Waals surface area contributed by atoms with Gasteiger partial charge in [0, 0.05) is 17.5 Å². The van der Waals surface area contributed by atoms with Gasteiger partial charge in [-0.1, -0.05) is 68.4 Å². The molecule has 0 bridgehead atoms. The van der Waals surface area contributed by atoms with Crippen molar-refractivity contribution in [2.45, 2.75) is 32.6 Å². The number of furan rings is 1. The SMILES string of the molecule is CC(C)c1ccc(CCNC(=O)Cc2coc3ccc4ccccc4c23)cc1. The smallest absolute Gasteiger partial charge is 0.224 e. The molecule has 0 saturated carbocycles. The lowest BCUT2D eigenvalue weighted by Gasteiger charge is -2.08. The molecule has 3 aromatic carbocycles. The Morgan fingerprint density at radius 2 is 1.79 bits per heavy atom. The average molecular weight is 371 g/mol. The van der Waals surface area contributed by atoms with Gasteiger partial charge in [-0.15, -0.1) is 0 Å². The molecule has 1 aromatic heterocycles. The van der Waals surface area contributed by atoms with Gasteiger partial charge < -0.3 is 9.73 Å². The minimum Gasteiger partial charge on any atom is -0.464 e. The third-order valence-corrected chi connectivity index (χ3v) is 5.27. The highest BCUT2D eigenvalue weighted by Crippen LogP contribution is 2.30. The topological polar surface area (TPSA) is 42.2 Å². The highest BCUT2D eigenvalue weighted by molar-refractivity contribution is 6.08. The van der Waals surface area contributed by atoms with Crippen molar-refractivity contribution in [1.29, 1.82) is 0 Å². The third kappa shape index (κ3) is 3.79. The van der Waals surface area contributed by atoms with Crippen LogP contribution in [0.15, 0.2) is 71.3 Å². The normalized spacial score (nSPS) is 11.4. The molecule has 0 atom stereocenters. The summed E-state index contributed by atoms with van der Waals surface area (Å²) in [6, 6.07) is 20.9. The van der Waals surface area contributed by atoms with E-state index in [1.807, 2.05) is 18.2 Å². The van der Waals surface area contributed by atoms with Crippen molar-refractivity contribution in [2.75, 3.05) is 6.54 Å². The Hall–Kier alpha value is -3.07. The molecule has 0 fully saturated rings. The monoisotopic (exact) mass is 371 g/mol. The van der Waals surface area contributed by atoms with Gasteiger partial charge in [0.25, 0.3) is 0 Å². The van der Waals surface area contributed by atoms with E-state index in [1.165, 1.54) is 11.1 Å². The summed E-state index contributed by atoms with van der Waals surface area (Å²) in [5.41, 5.74) is 4.34. The summed E-state index contributed by atoms with van der Waals surface area (Å²) in [6.45, 7) is 5.02. The summed E-state index contributed by atoms with van der Waals surface area (Å²) in [6.07, 6.45) is 2.87. The molecule has 0 radical (unpaired) electrons. The van der Waals surface area contributed by atoms with E-state index in [-0.39, 0.29) is 5.91 Å². The summed E-state index contributed by atoms with van der Waals surface area (Å²) in [5, 5.41) is 6.36. The molecule has 0 spiro atoms. The van der Waals surface area contributed by atoms with Crippen molar-refractivity contribution in [3.8, 4) is 0 Å². The zero-order valence-electron chi connectivity index (χ0n) is 16.4. The number of hydrogen-bond acceptors (Lipinski definition) is 2. The second-order valence-electron chi connectivity index (χ2n) is 7.59. The third-order valence-electron chi connectivity index (χ3n) is 5.27. The molecule has 1 N–H and O–H groups in total. The number of amides is 1. The number of hydrogen-bond donors (Lipinski definition) is 1. The number of carbonyl (C=O) groups excluding carboxylic acids is 1. The van der Waals surface area contributed by atoms with Crippen LogP contribution in [0.3, 0.4) is 0 Å². The first-order valence-electron chi connectivity index (χ1n) is 9.85. The van der Waals surface area contributed by atoms with Gasteiger partial charge in [0.2, 0.25) is 5.91 Å². The van der Waals surface area contributed by atoms with Crippen LogP contribution in [0, 0.1) is 0 Å². The first kappa shape index (κ1) is 18.3. The van der Waals surface area contributed by atoms with Gasteiger partial charge in [-0.3, -0.25) is 4.79 Å². The molecule has 3 heteroatoms. The van der Waals surface area contributed by atoms with Gasteiger partial charge in [0.1, 0.15) is 5.58 Å². The van der Waals surface area contributed by atoms with Crippen molar-refractivity contribution in [3.63, 3.8) is 0 Å². The first-order chi connectivity index (χ1) is 13.6. The van der Waals surface area contributed by atoms with E-state index >= 15 is 0 Å². The van der Waals surface area contributed by atoms with Crippen LogP contribution < -0.4 is 5.32 Å². The van der Waals surface area contributed by atoms with Gasteiger partial charge in [-0.2, -0.15) is 0 Å². The molecule has 1 amide bonds. The van der Waals surface area contributed by atoms with Crippen molar-refractivity contribution in [3.05, 3.63) is 83.6 Å². The average Bonchev–Trinajstić information content (AvgIpc) is 3.11. The maximum absolute atomic E-state index is 12.5. The van der Waals surface area contributed by atoms with Crippen LogP contribution in [0.4, 0.5) is 0 Å². The molecule has 0 unspecified atom stereocenters. The minimum absolute atomic E-state index is 0.0226. The second-order valence-corrected chi connectivity index (χ2v) is 7.59. The molecule has 28 heavy (non-hydrogen) atoms. The second kappa shape index (κ2) is 7.89. The summed E-state index contributed by atoms with van der Waals surface area (Å²) < 4.78 is 5.68. The van der Waals surface area contributed by atoms with Crippen LogP contribution in [0.1, 0.15) is 36.5 Å². The van der Waals surface area contributed by atoms with Gasteiger partial charge >= 0.3 is 0 Å². The zero-order valence-corrected chi connectivity index (χ0v) is 16.4. The Labute approximate surface area is 165 Å². The molecule has 0 saturated heterocycles. The predicted octanol–water partition coefficient (Wildman–Crippen LogP) is 5.61. The summed E-state index contributed by atoms with van der Waals surface area (Å²) in [4.78, 5) is 12.5. The highest BCUT2D eigenvalue weighted by Gasteiger charge is 2.13. The largest absolute Gasteiger partial charge is 0.464 e. The number of nitrogens with one attached hydrogen (secondary N) is 1. The Kier molecular flexibility index (Phi) is 5.16. The summed E-state index contributed by atoms with van der Waals surface area (Å²) in [5.74, 6) is 0.559. The van der Waals surface area contributed by atoms with Crippen LogP contribution >= 0.6 is 0 Å². The van der Waals surface area contributed by atoms with Gasteiger partial charge in [-0.25, -0.2) is 0 Å². The highest BCUT2D eigenvalue weighted by atomic mass is 16.3. The van der Waals surface area contributed by atoms with Crippen LogP contribution in [0.25, 0.3) is 21.7 Å². The lowest BCUT2D eigenvalue weighted by Crippen LogP contribution is -2.27. The van der Waals surface area contributed by atoms with E-state index in [0.717, 1.165) is 33.7 Å². The Bertz CT molecular complexity index is 1110. The number of fused-ring (bicyclic) bond motifs is 3. The zero-order chi connectivity index (χ0) is 19.5. The molecule has 0 aliphatic rings. The van der Waals surface area contributed by atoms with Crippen molar-refractivity contribution < 1.29 is 9.21 Å². The molecule has 142 valence electrons. The van der Waals surface area contributed by atoms with Gasteiger partial charge in [0.05, 0.1) is 12.7 Å². The minimum atomic E-state index is 0.0226. The standard InChI is InChI=1S/C25H25NO2/c1-17(2)19-9-7-18(8-10-19)13-14-26-24(27)15-21-16-28-23-12-11-20-5-3-4-6-22(20)25(21)23/h3-12,16-17H,13-15H2,1-2H3,(H,26,27). The fourth-order valence-corrected chi connectivity index (χ4v) is 3.66. The summed E-state index contributed by atoms with van der Waals surface area (Å²) >= 11 is 0. The predicted molar refractivity (Wildman–Crippen MR) is 115 cm³/mol. The van der Waals surface area contributed by atoms with Crippen molar-refractivity contribution in [2.24, 2.45) is 0 Å². The molecule has 3 nitrogen and oxygen atoms in total. The van der Waals surface area contributed by atoms with Crippen LogP contribution in [-0.4, -0.2) is 12.5 Å². The van der Waals surface area contributed by atoms with Gasteiger partial charge in [-0.05, 0) is 40.3 Å². The molecule has 0 aliphatic heterocycles. The van der Waals surface area contributed by atoms with Crippen LogP contribution in [0.2, 0.25) is 0 Å².